The van der Waals surface area contributed by atoms with E-state index in [9.17, 15) is 5.11 Å². The first kappa shape index (κ1) is 17.4. The third kappa shape index (κ3) is 3.00. The van der Waals surface area contributed by atoms with Crippen LogP contribution in [-0.2, 0) is 4.74 Å². The van der Waals surface area contributed by atoms with Gasteiger partial charge in [-0.3, -0.25) is 0 Å². The Kier molecular flexibility index (Phi) is 4.69. The van der Waals surface area contributed by atoms with Crippen molar-refractivity contribution in [2.45, 2.75) is 13.0 Å². The van der Waals surface area contributed by atoms with Gasteiger partial charge in [-0.1, -0.05) is 60.7 Å². The van der Waals surface area contributed by atoms with Crippen molar-refractivity contribution in [2.75, 3.05) is 13.7 Å². The number of rotatable bonds is 5. The van der Waals surface area contributed by atoms with Gasteiger partial charge < -0.3 is 14.6 Å². The van der Waals surface area contributed by atoms with Crippen molar-refractivity contribution in [3.05, 3.63) is 83.9 Å². The highest BCUT2D eigenvalue weighted by Gasteiger charge is 2.23. The lowest BCUT2D eigenvalue weighted by Crippen LogP contribution is -2.08. The maximum absolute atomic E-state index is 11.2. The van der Waals surface area contributed by atoms with Crippen LogP contribution < -0.4 is 4.74 Å². The van der Waals surface area contributed by atoms with Crippen LogP contribution in [0.2, 0.25) is 0 Å². The largest absolute Gasteiger partial charge is 0.507 e. The average molecular weight is 358 g/mol. The van der Waals surface area contributed by atoms with Gasteiger partial charge in [0.15, 0.2) is 0 Å². The lowest BCUT2D eigenvalue weighted by molar-refractivity contribution is 0.0907. The third-order valence-electron chi connectivity index (χ3n) is 4.96. The molecule has 3 nitrogen and oxygen atoms in total. The van der Waals surface area contributed by atoms with E-state index in [1.165, 1.54) is 0 Å². The Balaban J connectivity index is 2.02. The molecule has 0 aliphatic rings. The minimum absolute atomic E-state index is 0.276. The number of phenolic OH excluding ortho intramolecular Hbond substituents is 1. The Morgan fingerprint density at radius 3 is 1.93 bits per heavy atom. The summed E-state index contributed by atoms with van der Waals surface area (Å²) in [6, 6.07) is 23.9. The summed E-state index contributed by atoms with van der Waals surface area (Å²) >= 11 is 0. The predicted molar refractivity (Wildman–Crippen MR) is 110 cm³/mol. The first-order valence-corrected chi connectivity index (χ1v) is 9.12. The fourth-order valence-corrected chi connectivity index (χ4v) is 3.71. The van der Waals surface area contributed by atoms with E-state index in [-0.39, 0.29) is 11.9 Å². The van der Waals surface area contributed by atoms with Gasteiger partial charge in [-0.2, -0.15) is 0 Å². The minimum Gasteiger partial charge on any atom is -0.507 e. The molecular weight excluding hydrogens is 336 g/mol. The zero-order chi connectivity index (χ0) is 18.8. The fraction of sp³-hybridized carbons (Fsp3) is 0.167. The molecule has 1 unspecified atom stereocenters. The van der Waals surface area contributed by atoms with Crippen LogP contribution >= 0.6 is 0 Å². The zero-order valence-electron chi connectivity index (χ0n) is 15.5. The van der Waals surface area contributed by atoms with Crippen molar-refractivity contribution in [2.24, 2.45) is 0 Å². The molecule has 1 N–H and O–H groups in total. The summed E-state index contributed by atoms with van der Waals surface area (Å²) < 4.78 is 11.4. The van der Waals surface area contributed by atoms with Gasteiger partial charge in [0.1, 0.15) is 17.6 Å². The van der Waals surface area contributed by atoms with Gasteiger partial charge in [-0.05, 0) is 40.8 Å². The van der Waals surface area contributed by atoms with Crippen LogP contribution in [0, 0.1) is 0 Å². The highest BCUT2D eigenvalue weighted by molar-refractivity contribution is 6.12. The molecule has 0 bridgehead atoms. The number of hydrogen-bond donors (Lipinski definition) is 1. The molecule has 0 aromatic heterocycles. The molecule has 0 saturated carbocycles. The maximum atomic E-state index is 11.2. The smallest absolute Gasteiger partial charge is 0.130 e. The second-order valence-electron chi connectivity index (χ2n) is 6.46. The van der Waals surface area contributed by atoms with E-state index in [2.05, 4.69) is 6.07 Å². The molecule has 27 heavy (non-hydrogen) atoms. The molecule has 1 atom stereocenters. The monoisotopic (exact) mass is 358 g/mol. The van der Waals surface area contributed by atoms with E-state index in [0.717, 1.165) is 38.4 Å². The molecule has 0 heterocycles. The Hall–Kier alpha value is -3.04. The van der Waals surface area contributed by atoms with E-state index in [4.69, 9.17) is 9.47 Å². The van der Waals surface area contributed by atoms with Crippen LogP contribution in [0.15, 0.2) is 72.8 Å². The number of aromatic hydroxyl groups is 1. The van der Waals surface area contributed by atoms with E-state index in [1.807, 2.05) is 73.7 Å². The standard InChI is InChI=1S/C24H22O3/c1-3-27-24(16-12-14-17(26-2)15-13-16)22-20-10-6-4-8-18(20)19-9-5-7-11-21(19)23(22)25/h4-15,24-25H,3H2,1-2H3. The Bertz CT molecular complexity index is 1080. The highest BCUT2D eigenvalue weighted by Crippen LogP contribution is 2.43. The van der Waals surface area contributed by atoms with Crippen molar-refractivity contribution in [1.82, 2.24) is 0 Å². The molecule has 4 aromatic carbocycles. The number of methoxy groups -OCH3 is 1. The molecule has 0 spiro atoms. The average Bonchev–Trinajstić information content (AvgIpc) is 2.73. The van der Waals surface area contributed by atoms with Crippen LogP contribution in [0.3, 0.4) is 0 Å². The number of phenols is 1. The zero-order valence-corrected chi connectivity index (χ0v) is 15.5. The van der Waals surface area contributed by atoms with E-state index in [0.29, 0.717) is 6.61 Å². The quantitative estimate of drug-likeness (QED) is 0.456. The summed E-state index contributed by atoms with van der Waals surface area (Å²) in [5, 5.41) is 15.2. The van der Waals surface area contributed by atoms with Gasteiger partial charge in [0.25, 0.3) is 0 Å². The summed E-state index contributed by atoms with van der Waals surface area (Å²) in [5.41, 5.74) is 1.78. The van der Waals surface area contributed by atoms with E-state index in [1.54, 1.807) is 7.11 Å². The molecule has 0 aliphatic carbocycles. The number of benzene rings is 4. The Morgan fingerprint density at radius 2 is 1.33 bits per heavy atom. The van der Waals surface area contributed by atoms with E-state index < -0.39 is 0 Å². The van der Waals surface area contributed by atoms with Crippen LogP contribution in [0.5, 0.6) is 11.5 Å². The highest BCUT2D eigenvalue weighted by atomic mass is 16.5. The first-order chi connectivity index (χ1) is 13.2. The third-order valence-corrected chi connectivity index (χ3v) is 4.96. The van der Waals surface area contributed by atoms with E-state index >= 15 is 0 Å². The molecule has 0 amide bonds. The molecule has 0 aliphatic heterocycles. The molecule has 3 heteroatoms. The van der Waals surface area contributed by atoms with Crippen molar-refractivity contribution in [3.63, 3.8) is 0 Å². The summed E-state index contributed by atoms with van der Waals surface area (Å²) in [7, 11) is 1.65. The first-order valence-electron chi connectivity index (χ1n) is 9.12. The Morgan fingerprint density at radius 1 is 0.778 bits per heavy atom. The van der Waals surface area contributed by atoms with Crippen molar-refractivity contribution in [1.29, 1.82) is 0 Å². The van der Waals surface area contributed by atoms with Gasteiger partial charge in [0.2, 0.25) is 0 Å². The lowest BCUT2D eigenvalue weighted by Gasteiger charge is -2.23. The molecule has 0 saturated heterocycles. The number of fused-ring (bicyclic) bond motifs is 3. The van der Waals surface area contributed by atoms with Crippen molar-refractivity contribution in [3.8, 4) is 11.5 Å². The van der Waals surface area contributed by atoms with Gasteiger partial charge in [0.05, 0.1) is 7.11 Å². The molecule has 0 fully saturated rings. The molecule has 4 aromatic rings. The summed E-state index contributed by atoms with van der Waals surface area (Å²) in [6.07, 6.45) is -0.365. The van der Waals surface area contributed by atoms with Crippen molar-refractivity contribution < 1.29 is 14.6 Å². The predicted octanol–water partition coefficient (Wildman–Crippen LogP) is 5.83. The maximum Gasteiger partial charge on any atom is 0.130 e. The second-order valence-corrected chi connectivity index (χ2v) is 6.46. The lowest BCUT2D eigenvalue weighted by atomic mass is 9.90. The fourth-order valence-electron chi connectivity index (χ4n) is 3.71. The molecule has 4 rings (SSSR count). The van der Waals surface area contributed by atoms with Gasteiger partial charge in [0, 0.05) is 17.6 Å². The second kappa shape index (κ2) is 7.29. The molecule has 0 radical (unpaired) electrons. The van der Waals surface area contributed by atoms with Gasteiger partial charge in [-0.25, -0.2) is 0 Å². The summed E-state index contributed by atoms with van der Waals surface area (Å²) in [5.74, 6) is 1.07. The van der Waals surface area contributed by atoms with Crippen molar-refractivity contribution >= 4 is 21.5 Å². The van der Waals surface area contributed by atoms with Crippen LogP contribution in [0.1, 0.15) is 24.2 Å². The Labute approximate surface area is 158 Å². The summed E-state index contributed by atoms with van der Waals surface area (Å²) in [4.78, 5) is 0. The topological polar surface area (TPSA) is 38.7 Å². The SMILES string of the molecule is CCOC(c1ccc(OC)cc1)c1c(O)c2ccccc2c2ccccc12. The van der Waals surface area contributed by atoms with Gasteiger partial charge >= 0.3 is 0 Å². The normalized spacial score (nSPS) is 12.4. The minimum atomic E-state index is -0.365. The van der Waals surface area contributed by atoms with Crippen LogP contribution in [0.4, 0.5) is 0 Å². The summed E-state index contributed by atoms with van der Waals surface area (Å²) in [6.45, 7) is 2.51. The molecule has 136 valence electrons. The number of ether oxygens (including phenoxy) is 2. The number of hydrogen-bond acceptors (Lipinski definition) is 3. The molecular formula is C24H22O3. The van der Waals surface area contributed by atoms with Crippen LogP contribution in [-0.4, -0.2) is 18.8 Å². The van der Waals surface area contributed by atoms with Gasteiger partial charge in [-0.15, -0.1) is 0 Å². The van der Waals surface area contributed by atoms with Crippen LogP contribution in [0.25, 0.3) is 21.5 Å².